The van der Waals surface area contributed by atoms with Crippen molar-refractivity contribution in [2.45, 2.75) is 153 Å². The quantitative estimate of drug-likeness (QED) is 0.0350. The Morgan fingerprint density at radius 3 is 1.01 bits per heavy atom. The van der Waals surface area contributed by atoms with Crippen molar-refractivity contribution in [3.63, 3.8) is 0 Å². The lowest BCUT2D eigenvalue weighted by Crippen LogP contribution is -2.46. The lowest BCUT2D eigenvalue weighted by Gasteiger charge is -2.30. The van der Waals surface area contributed by atoms with Crippen LogP contribution in [-0.2, 0) is 38.4 Å². The Morgan fingerprint density at radius 2 is 0.685 bits per heavy atom. The maximum Gasteiger partial charge on any atom is 0.374 e. The highest BCUT2D eigenvalue weighted by molar-refractivity contribution is 14.1. The molecular formula is C95H88F11IN14O9. The molecule has 13 aromatic rings. The number of nitrogens with one attached hydrogen (secondary N) is 5. The molecule has 17 rings (SSSR count). The van der Waals surface area contributed by atoms with E-state index in [1.165, 1.54) is 45.5 Å². The minimum atomic E-state index is -3.58. The zero-order chi connectivity index (χ0) is 94.2. The molecule has 4 fully saturated rings. The standard InChI is InChI=1S/2C27H23F3N4O2.C14H16F2N2O2.C13H8FIN2.C11H14N2O.C3H4F2O2/c2*1-16-5-3-4-6-21(16)25-22(32-26(36)27(2,29)30)14-24(35)33(25)20-11-12-23-17(13-20)15-31-34(23)19-9-7-18(28)8-10-19;1-8-5-3-4-6-9(8)12-10(7-11(19)18-12)17-13(20)14(2,15)16;14-10-1-4-12(5-2-10)17-13-6-3-11(15)7-9(13)8-16-17;1-7-4-2-3-5-8(7)11-9(12)6-10(14)13-11;1-3(4,5)2(6)7/h2*3-13,15,22,25H,14H2,1-2H3,(H,32,36);3-6,10,12H,7H2,1-2H3,(H,17,20)(H,18,19);1-8H;2-5,9,11H,6,12H2,1H3,(H,13,14);1H3,(H,6,7)/t2*22-,25+;10-,12?;;9-,11?;/m100.0./s1. The number of carbonyl (C=O) groups is 8. The van der Waals surface area contributed by atoms with E-state index in [-0.39, 0.29) is 72.4 Å². The van der Waals surface area contributed by atoms with Crippen molar-refractivity contribution < 1.29 is 91.8 Å². The lowest BCUT2D eigenvalue weighted by molar-refractivity contribution is -0.162. The summed E-state index contributed by atoms with van der Waals surface area (Å²) in [6.45, 7) is 9.59. The number of hydrogen-bond acceptors (Lipinski definition) is 12. The minimum absolute atomic E-state index is 0.000814. The Balaban J connectivity index is 0.000000151. The first-order valence-corrected chi connectivity index (χ1v) is 41.7. The van der Waals surface area contributed by atoms with Crippen LogP contribution < -0.4 is 42.1 Å². The molecule has 0 aliphatic carbocycles. The Kier molecular flexibility index (Phi) is 29.3. The number of carboxylic acid groups (broad SMARTS) is 1. The summed E-state index contributed by atoms with van der Waals surface area (Å²) in [7, 11) is 0. The van der Waals surface area contributed by atoms with E-state index >= 15 is 0 Å². The number of amides is 7. The summed E-state index contributed by atoms with van der Waals surface area (Å²) in [5.74, 6) is -22.2. The fourth-order valence-electron chi connectivity index (χ4n) is 15.4. The fourth-order valence-corrected chi connectivity index (χ4v) is 15.9. The molecule has 4 saturated heterocycles. The van der Waals surface area contributed by atoms with Crippen LogP contribution in [0.5, 0.6) is 0 Å². The van der Waals surface area contributed by atoms with Gasteiger partial charge in [-0.2, -0.15) is 50.4 Å². The fraction of sp³-hybridized carbons (Fsp3) is 0.253. The number of carboxylic acids is 1. The summed E-state index contributed by atoms with van der Waals surface area (Å²) >= 11 is 2.27. The summed E-state index contributed by atoms with van der Waals surface area (Å²) < 4.78 is 149. The van der Waals surface area contributed by atoms with Gasteiger partial charge in [-0.25, -0.2) is 32.0 Å². The van der Waals surface area contributed by atoms with Gasteiger partial charge in [-0.05, 0) is 222 Å². The SMILES string of the molecule is CC(F)(F)C(=O)O.Cc1ccccc1C1NC(=O)C[C@@H]1N.Cc1ccccc1C1NC(=O)C[C@@H]1NC(=O)C(C)(F)F.Cc1ccccc1[C@@H]1[C@@H](NC(=O)C(C)(F)F)CC(=O)N1c1ccc2c(cnn2-c2ccc(F)cc2)c1.Cc1ccccc1[C@H]1[C@H](NC(=O)C(C)(F)F)CC(=O)N1c1ccc2c(cnn2-c2ccc(F)cc2)c1.Fc1ccc(-n2ncc3cc(I)ccc32)cc1. The van der Waals surface area contributed by atoms with E-state index < -0.39 is 83.6 Å². The van der Waals surface area contributed by atoms with Gasteiger partial charge in [0.25, 0.3) is 17.7 Å². The smallest absolute Gasteiger partial charge is 0.374 e. The Labute approximate surface area is 751 Å². The number of aromatic nitrogens is 6. The van der Waals surface area contributed by atoms with Crippen LogP contribution >= 0.6 is 22.6 Å². The van der Waals surface area contributed by atoms with Crippen molar-refractivity contribution in [1.82, 2.24) is 55.9 Å². The van der Waals surface area contributed by atoms with Gasteiger partial charge in [-0.3, -0.25) is 33.6 Å². The molecule has 0 radical (unpaired) electrons. The van der Waals surface area contributed by atoms with Gasteiger partial charge in [0.05, 0.1) is 94.5 Å². The third-order valence-corrected chi connectivity index (χ3v) is 22.6. The molecule has 0 spiro atoms. The van der Waals surface area contributed by atoms with Crippen LogP contribution in [0.4, 0.5) is 59.7 Å². The van der Waals surface area contributed by atoms with Crippen molar-refractivity contribution in [2.75, 3.05) is 9.80 Å². The van der Waals surface area contributed by atoms with Crippen LogP contribution in [0.3, 0.4) is 0 Å². The molecule has 23 nitrogen and oxygen atoms in total. The van der Waals surface area contributed by atoms with Crippen LogP contribution in [0.15, 0.2) is 243 Å². The Hall–Kier alpha value is -13.7. The molecule has 130 heavy (non-hydrogen) atoms. The largest absolute Gasteiger partial charge is 0.477 e. The van der Waals surface area contributed by atoms with Gasteiger partial charge in [0.2, 0.25) is 23.6 Å². The molecule has 4 aliphatic rings. The van der Waals surface area contributed by atoms with E-state index in [1.54, 1.807) is 110 Å². The molecule has 0 bridgehead atoms. The average Bonchev–Trinajstić information content (AvgIpc) is 1.60. The number of nitrogens with zero attached hydrogens (tertiary/aromatic N) is 8. The maximum absolute atomic E-state index is 13.7. The molecule has 0 saturated carbocycles. The second-order valence-corrected chi connectivity index (χ2v) is 33.0. The van der Waals surface area contributed by atoms with Crippen molar-refractivity contribution in [2.24, 2.45) is 5.73 Å². The van der Waals surface area contributed by atoms with Crippen molar-refractivity contribution >= 4 is 114 Å². The van der Waals surface area contributed by atoms with Gasteiger partial charge in [0, 0.05) is 90.5 Å². The first-order chi connectivity index (χ1) is 61.4. The average molecular weight is 1910 g/mol. The number of aryl methyl sites for hydroxylation is 4. The number of anilines is 2. The predicted molar refractivity (Wildman–Crippen MR) is 475 cm³/mol. The number of hydrogen-bond donors (Lipinski definition) is 7. The van der Waals surface area contributed by atoms with Crippen LogP contribution in [0, 0.1) is 48.7 Å². The molecule has 676 valence electrons. The normalized spacial score (nSPS) is 18.4. The first kappa shape index (κ1) is 95.4. The van der Waals surface area contributed by atoms with Gasteiger partial charge in [0.1, 0.15) is 17.5 Å². The Morgan fingerprint density at radius 1 is 0.392 bits per heavy atom. The van der Waals surface area contributed by atoms with Crippen LogP contribution in [-0.4, -0.2) is 130 Å². The first-order valence-electron chi connectivity index (χ1n) is 40.7. The molecule has 2 unspecified atom stereocenters. The zero-order valence-corrected chi connectivity index (χ0v) is 73.1. The molecule has 7 heterocycles. The predicted octanol–water partition coefficient (Wildman–Crippen LogP) is 17.3. The van der Waals surface area contributed by atoms with E-state index in [0.29, 0.717) is 56.9 Å². The van der Waals surface area contributed by atoms with E-state index in [1.807, 2.05) is 142 Å². The minimum Gasteiger partial charge on any atom is -0.477 e. The van der Waals surface area contributed by atoms with E-state index in [4.69, 9.17) is 10.8 Å². The number of fused-ring (bicyclic) bond motifs is 3. The molecular weight excluding hydrogens is 1820 g/mol. The summed E-state index contributed by atoms with van der Waals surface area (Å²) in [4.78, 5) is 97.2. The number of carbonyl (C=O) groups excluding carboxylic acids is 7. The van der Waals surface area contributed by atoms with Gasteiger partial charge >= 0.3 is 29.7 Å². The van der Waals surface area contributed by atoms with Gasteiger partial charge < -0.3 is 47.2 Å². The van der Waals surface area contributed by atoms with Crippen molar-refractivity contribution in [1.29, 1.82) is 0 Å². The lowest BCUT2D eigenvalue weighted by atomic mass is 9.95. The number of alkyl halides is 8. The molecule has 8 N–H and O–H groups in total. The maximum atomic E-state index is 13.7. The highest BCUT2D eigenvalue weighted by Crippen LogP contribution is 2.43. The van der Waals surface area contributed by atoms with Crippen LogP contribution in [0.2, 0.25) is 0 Å². The Bertz CT molecular complexity index is 6130. The van der Waals surface area contributed by atoms with E-state index in [9.17, 15) is 86.7 Å². The highest BCUT2D eigenvalue weighted by Gasteiger charge is 2.48. The topological polar surface area (TPSA) is 303 Å². The van der Waals surface area contributed by atoms with Crippen molar-refractivity contribution in [3.05, 3.63) is 309 Å². The highest BCUT2D eigenvalue weighted by atomic mass is 127. The molecule has 4 aliphatic heterocycles. The number of benzene rings is 10. The van der Waals surface area contributed by atoms with Gasteiger partial charge in [-0.1, -0.05) is 97.1 Å². The van der Waals surface area contributed by atoms with Crippen LogP contribution in [0.1, 0.15) is 122 Å². The van der Waals surface area contributed by atoms with E-state index in [0.717, 1.165) is 77.3 Å². The van der Waals surface area contributed by atoms with Crippen molar-refractivity contribution in [3.8, 4) is 17.1 Å². The molecule has 7 amide bonds. The van der Waals surface area contributed by atoms with Gasteiger partial charge in [-0.15, -0.1) is 0 Å². The number of halogens is 12. The summed E-state index contributed by atoms with van der Waals surface area (Å²) in [5, 5.41) is 35.9. The second-order valence-electron chi connectivity index (χ2n) is 31.8. The monoisotopic (exact) mass is 1900 g/mol. The number of nitrogens with two attached hydrogens (primary N) is 1. The number of rotatable bonds is 16. The molecule has 35 heteroatoms. The molecule has 3 aromatic heterocycles. The summed E-state index contributed by atoms with van der Waals surface area (Å²) in [5.41, 5.74) is 19.1. The third kappa shape index (κ3) is 22.7. The molecule has 10 aromatic carbocycles. The summed E-state index contributed by atoms with van der Waals surface area (Å²) in [6, 6.07) is 60.8. The second kappa shape index (κ2) is 39.9. The van der Waals surface area contributed by atoms with Crippen LogP contribution in [0.25, 0.3) is 49.8 Å². The summed E-state index contributed by atoms with van der Waals surface area (Å²) in [6.07, 6.45) is 5.30. The van der Waals surface area contributed by atoms with Gasteiger partial charge in [0.15, 0.2) is 0 Å². The molecule has 8 atom stereocenters. The zero-order valence-electron chi connectivity index (χ0n) is 70.9. The number of aliphatic carboxylic acids is 1. The van der Waals surface area contributed by atoms with E-state index in [2.05, 4.69) is 70.5 Å². The third-order valence-electron chi connectivity index (χ3n) is 21.9.